The number of alkyl halides is 3. The zero-order chi connectivity index (χ0) is 40.7. The Hall–Kier alpha value is -5.44. The van der Waals surface area contributed by atoms with Gasteiger partial charge in [-0.15, -0.1) is 0 Å². The number of hydrogen-bond acceptors (Lipinski definition) is 8. The van der Waals surface area contributed by atoms with Crippen molar-refractivity contribution in [3.05, 3.63) is 89.4 Å². The van der Waals surface area contributed by atoms with E-state index >= 15 is 0 Å². The van der Waals surface area contributed by atoms with Crippen LogP contribution in [0.15, 0.2) is 67.0 Å². The van der Waals surface area contributed by atoms with Gasteiger partial charge in [-0.05, 0) is 101 Å². The lowest BCUT2D eigenvalue weighted by Crippen LogP contribution is -2.45. The molecule has 4 heterocycles. The van der Waals surface area contributed by atoms with Gasteiger partial charge in [-0.2, -0.15) is 13.2 Å². The van der Waals surface area contributed by atoms with Crippen molar-refractivity contribution in [1.82, 2.24) is 24.5 Å². The number of amides is 3. The molecule has 0 saturated carbocycles. The number of imidazole rings is 1. The van der Waals surface area contributed by atoms with Crippen molar-refractivity contribution in [1.29, 1.82) is 0 Å². The Bertz CT molecular complexity index is 2040. The molecule has 1 unspecified atom stereocenters. The van der Waals surface area contributed by atoms with E-state index in [9.17, 15) is 32.3 Å². The molecule has 6 rings (SSSR count). The number of rotatable bonds is 14. The van der Waals surface area contributed by atoms with Crippen molar-refractivity contribution in [3.8, 4) is 5.75 Å². The van der Waals surface area contributed by atoms with E-state index in [2.05, 4.69) is 33.0 Å². The first-order valence-electron chi connectivity index (χ1n) is 19.5. The fourth-order valence-corrected chi connectivity index (χ4v) is 7.60. The topological polar surface area (TPSA) is 137 Å². The molecule has 0 radical (unpaired) electrons. The van der Waals surface area contributed by atoms with Crippen molar-refractivity contribution in [2.24, 2.45) is 0 Å². The molecule has 304 valence electrons. The highest BCUT2D eigenvalue weighted by atomic mass is 19.4. The maximum atomic E-state index is 13.4. The molecule has 2 fully saturated rings. The van der Waals surface area contributed by atoms with E-state index in [-0.39, 0.29) is 40.8 Å². The number of hydrogen-bond donors (Lipinski definition) is 3. The summed E-state index contributed by atoms with van der Waals surface area (Å²) in [6.07, 6.45) is 3.55. The molecule has 2 aliphatic heterocycles. The molecule has 2 aliphatic rings. The minimum Gasteiger partial charge on any atom is -0.490 e. The van der Waals surface area contributed by atoms with Gasteiger partial charge in [0.25, 0.3) is 5.91 Å². The number of carbonyl (C=O) groups excluding carboxylic acids is 4. The first-order chi connectivity index (χ1) is 27.3. The third kappa shape index (κ3) is 10.5. The molecule has 0 spiro atoms. The van der Waals surface area contributed by atoms with Gasteiger partial charge in [-0.25, -0.2) is 4.98 Å². The lowest BCUT2D eigenvalue weighted by molar-refractivity contribution is -0.137. The second-order valence-corrected chi connectivity index (χ2v) is 15.1. The summed E-state index contributed by atoms with van der Waals surface area (Å²) < 4.78 is 47.5. The average Bonchev–Trinajstić information content (AvgIpc) is 3.62. The van der Waals surface area contributed by atoms with Crippen molar-refractivity contribution in [3.63, 3.8) is 0 Å². The summed E-state index contributed by atoms with van der Waals surface area (Å²) >= 11 is 0. The first kappa shape index (κ1) is 41.2. The van der Waals surface area contributed by atoms with Crippen molar-refractivity contribution < 1.29 is 37.1 Å². The molecule has 3 N–H and O–H groups in total. The van der Waals surface area contributed by atoms with Gasteiger partial charge in [0.1, 0.15) is 23.7 Å². The van der Waals surface area contributed by atoms with Gasteiger partial charge >= 0.3 is 6.18 Å². The molecule has 57 heavy (non-hydrogen) atoms. The largest absolute Gasteiger partial charge is 0.490 e. The molecule has 12 nitrogen and oxygen atoms in total. The smallest absolute Gasteiger partial charge is 0.416 e. The Morgan fingerprint density at radius 3 is 2.28 bits per heavy atom. The average molecular weight is 790 g/mol. The number of anilines is 2. The monoisotopic (exact) mass is 789 g/mol. The maximum absolute atomic E-state index is 13.4. The number of benzene rings is 2. The molecule has 1 atom stereocenters. The van der Waals surface area contributed by atoms with Gasteiger partial charge in [0.2, 0.25) is 11.8 Å². The molecule has 2 saturated heterocycles. The number of halogens is 3. The van der Waals surface area contributed by atoms with Gasteiger partial charge in [-0.3, -0.25) is 19.3 Å². The molecule has 0 bridgehead atoms. The SMILES string of the molecule is CNC(=O)C(CCC=O)Nc1ccc(C2CCN(C(=O)CN3CCC(c4cn5cc(C(=O)Nc6cccc(C(F)(F)F)c6)c(OC(C)C)cc5n4)CC3)CC2)cc1. The van der Waals surface area contributed by atoms with E-state index in [0.29, 0.717) is 44.0 Å². The van der Waals surface area contributed by atoms with E-state index in [1.54, 1.807) is 23.7 Å². The van der Waals surface area contributed by atoms with Crippen LogP contribution in [0.2, 0.25) is 0 Å². The van der Waals surface area contributed by atoms with Crippen LogP contribution in [-0.2, 0) is 20.6 Å². The molecule has 4 aromatic rings. The van der Waals surface area contributed by atoms with Gasteiger partial charge in [0, 0.05) is 62.3 Å². The second kappa shape index (κ2) is 18.2. The summed E-state index contributed by atoms with van der Waals surface area (Å²) in [5, 5.41) is 8.44. The van der Waals surface area contributed by atoms with Crippen LogP contribution in [0.5, 0.6) is 5.75 Å². The number of likely N-dealkylation sites (tertiary alicyclic amines) is 2. The summed E-state index contributed by atoms with van der Waals surface area (Å²) in [7, 11) is 1.58. The van der Waals surface area contributed by atoms with Crippen LogP contribution in [0.25, 0.3) is 5.65 Å². The highest BCUT2D eigenvalue weighted by Gasteiger charge is 2.31. The van der Waals surface area contributed by atoms with Crippen LogP contribution >= 0.6 is 0 Å². The number of nitrogens with one attached hydrogen (secondary N) is 3. The number of nitrogens with zero attached hydrogens (tertiary/aromatic N) is 4. The molecule has 0 aliphatic carbocycles. The van der Waals surface area contributed by atoms with Crippen LogP contribution in [-0.4, -0.2) is 95.1 Å². The van der Waals surface area contributed by atoms with Crippen LogP contribution < -0.4 is 20.7 Å². The van der Waals surface area contributed by atoms with Crippen LogP contribution in [0.4, 0.5) is 24.5 Å². The van der Waals surface area contributed by atoms with Crippen molar-refractivity contribution >= 4 is 41.0 Å². The molecule has 3 amide bonds. The molecule has 15 heteroatoms. The number of piperidine rings is 2. The Morgan fingerprint density at radius 1 is 0.930 bits per heavy atom. The first-order valence-corrected chi connectivity index (χ1v) is 19.5. The zero-order valence-electron chi connectivity index (χ0n) is 32.5. The summed E-state index contributed by atoms with van der Waals surface area (Å²) in [4.78, 5) is 58.8. The summed E-state index contributed by atoms with van der Waals surface area (Å²) in [5.41, 5.74) is 2.79. The highest BCUT2D eigenvalue weighted by Crippen LogP contribution is 2.33. The number of likely N-dealkylation sites (N-methyl/N-ethyl adjacent to an activating group) is 1. The zero-order valence-corrected chi connectivity index (χ0v) is 32.5. The van der Waals surface area contributed by atoms with E-state index in [1.165, 1.54) is 17.7 Å². The standard InChI is InChI=1S/C42H50F3N7O5/c1-27(2)57-37-23-38-49-36(25-52(38)24-34(37)40(55)48-33-7-4-6-31(22-33)42(43,44)45)30-13-17-50(18-14-30)26-39(54)51-19-15-29(16-20-51)28-9-11-32(12-10-28)47-35(8-5-21-53)41(56)46-3/h4,6-7,9-12,21-25,27,29-30,35,47H,5,8,13-20,26H2,1-3H3,(H,46,56)(H,48,55). The second-order valence-electron chi connectivity index (χ2n) is 15.1. The number of pyridine rings is 1. The maximum Gasteiger partial charge on any atom is 0.416 e. The fourth-order valence-electron chi connectivity index (χ4n) is 7.60. The lowest BCUT2D eigenvalue weighted by Gasteiger charge is -2.35. The van der Waals surface area contributed by atoms with E-state index in [4.69, 9.17) is 9.72 Å². The Morgan fingerprint density at radius 2 is 1.63 bits per heavy atom. The van der Waals surface area contributed by atoms with Gasteiger partial charge in [0.15, 0.2) is 0 Å². The minimum atomic E-state index is -4.54. The van der Waals surface area contributed by atoms with Gasteiger partial charge in [0.05, 0.1) is 29.5 Å². The Kier molecular flexibility index (Phi) is 13.2. The fraction of sp³-hybridized carbons (Fsp3) is 0.452. The van der Waals surface area contributed by atoms with Gasteiger partial charge in [-0.1, -0.05) is 18.2 Å². The van der Waals surface area contributed by atoms with Crippen LogP contribution in [0.1, 0.15) is 91.4 Å². The number of carbonyl (C=O) groups is 4. The molecular formula is C42H50F3N7O5. The van der Waals surface area contributed by atoms with Crippen molar-refractivity contribution in [2.45, 2.75) is 82.5 Å². The number of aromatic nitrogens is 2. The van der Waals surface area contributed by atoms with Crippen LogP contribution in [0.3, 0.4) is 0 Å². The lowest BCUT2D eigenvalue weighted by atomic mass is 9.89. The van der Waals surface area contributed by atoms with E-state index in [0.717, 1.165) is 68.6 Å². The Balaban J connectivity index is 1.01. The number of ether oxygens (including phenoxy) is 1. The molecule has 2 aromatic carbocycles. The quantitative estimate of drug-likeness (QED) is 0.124. The predicted octanol–water partition coefficient (Wildman–Crippen LogP) is 6.48. The summed E-state index contributed by atoms with van der Waals surface area (Å²) in [6, 6.07) is 13.7. The summed E-state index contributed by atoms with van der Waals surface area (Å²) in [6.45, 7) is 6.86. The van der Waals surface area contributed by atoms with E-state index in [1.807, 2.05) is 37.1 Å². The molecule has 2 aromatic heterocycles. The minimum absolute atomic E-state index is 0.0191. The van der Waals surface area contributed by atoms with Gasteiger partial charge < -0.3 is 34.8 Å². The highest BCUT2D eigenvalue weighted by molar-refractivity contribution is 6.06. The third-order valence-corrected chi connectivity index (χ3v) is 10.7. The normalized spacial score (nSPS) is 16.4. The summed E-state index contributed by atoms with van der Waals surface area (Å²) in [5.74, 6) is 0.127. The number of aldehydes is 1. The predicted molar refractivity (Wildman–Crippen MR) is 211 cm³/mol. The van der Waals surface area contributed by atoms with Crippen LogP contribution in [0, 0.1) is 0 Å². The Labute approximate surface area is 330 Å². The van der Waals surface area contributed by atoms with Crippen molar-refractivity contribution in [2.75, 3.05) is 50.4 Å². The number of fused-ring (bicyclic) bond motifs is 1. The molecular weight excluding hydrogens is 740 g/mol. The third-order valence-electron chi connectivity index (χ3n) is 10.7. The van der Waals surface area contributed by atoms with E-state index < -0.39 is 23.7 Å².